The smallest absolute Gasteiger partial charge is 0.327 e. The van der Waals surface area contributed by atoms with Gasteiger partial charge in [-0.25, -0.2) is 0 Å². The van der Waals surface area contributed by atoms with Crippen LogP contribution in [0.5, 0.6) is 0 Å². The number of ether oxygens (including phenoxy) is 1. The third-order valence-corrected chi connectivity index (χ3v) is 3.86. The molecule has 2 saturated carbocycles. The lowest BCUT2D eigenvalue weighted by molar-refractivity contribution is -0.167. The number of carbonyl (C=O) groups excluding carboxylic acids is 2. The van der Waals surface area contributed by atoms with Gasteiger partial charge in [0.25, 0.3) is 0 Å². The molecule has 0 atom stereocenters. The summed E-state index contributed by atoms with van der Waals surface area (Å²) in [5.41, 5.74) is 0. The molecular formula is C12H17NO3. The van der Waals surface area contributed by atoms with Crippen LogP contribution in [0.3, 0.4) is 0 Å². The molecule has 0 bridgehead atoms. The third-order valence-electron chi connectivity index (χ3n) is 3.86. The van der Waals surface area contributed by atoms with Crippen LogP contribution in [0, 0.1) is 17.8 Å². The van der Waals surface area contributed by atoms with E-state index in [2.05, 4.69) is 4.74 Å². The Kier molecular flexibility index (Phi) is 2.46. The van der Waals surface area contributed by atoms with Gasteiger partial charge in [0.15, 0.2) is 0 Å². The maximum absolute atomic E-state index is 11.2. The van der Waals surface area contributed by atoms with Crippen molar-refractivity contribution in [2.75, 3.05) is 19.6 Å². The predicted molar refractivity (Wildman–Crippen MR) is 56.5 cm³/mol. The Morgan fingerprint density at radius 3 is 2.00 bits per heavy atom. The molecule has 3 rings (SSSR count). The molecule has 0 aromatic rings. The minimum atomic E-state index is -0.387. The second-order valence-electron chi connectivity index (χ2n) is 5.35. The van der Waals surface area contributed by atoms with Gasteiger partial charge in [-0.3, -0.25) is 14.5 Å². The molecule has 3 fully saturated rings. The molecule has 1 heterocycles. The first-order valence-corrected chi connectivity index (χ1v) is 6.18. The Bertz CT molecular complexity index is 292. The lowest BCUT2D eigenvalue weighted by atomic mass is 9.97. The number of hydrogen-bond acceptors (Lipinski definition) is 4. The minimum absolute atomic E-state index is 0.293. The Morgan fingerprint density at radius 2 is 1.56 bits per heavy atom. The maximum atomic E-state index is 11.2. The van der Waals surface area contributed by atoms with Gasteiger partial charge in [0, 0.05) is 6.54 Å². The number of cyclic esters (lactones) is 2. The molecule has 88 valence electrons. The topological polar surface area (TPSA) is 46.6 Å². The number of carbonyl (C=O) groups is 2. The first-order chi connectivity index (χ1) is 7.72. The van der Waals surface area contributed by atoms with Crippen LogP contribution < -0.4 is 0 Å². The van der Waals surface area contributed by atoms with E-state index in [1.54, 1.807) is 0 Å². The van der Waals surface area contributed by atoms with Gasteiger partial charge in [-0.05, 0) is 43.4 Å². The Balaban J connectivity index is 1.59. The third kappa shape index (κ3) is 2.26. The second kappa shape index (κ2) is 3.84. The summed E-state index contributed by atoms with van der Waals surface area (Å²) in [6.07, 6.45) is 5.36. The van der Waals surface area contributed by atoms with E-state index in [0.717, 1.165) is 24.3 Å². The summed E-state index contributed by atoms with van der Waals surface area (Å²) in [4.78, 5) is 24.3. The fraction of sp³-hybridized carbons (Fsp3) is 0.833. The molecule has 0 aromatic heterocycles. The number of rotatable bonds is 4. The molecule has 0 unspecified atom stereocenters. The minimum Gasteiger partial charge on any atom is -0.391 e. The van der Waals surface area contributed by atoms with Crippen molar-refractivity contribution in [3.63, 3.8) is 0 Å². The Labute approximate surface area is 94.9 Å². The summed E-state index contributed by atoms with van der Waals surface area (Å²) in [5, 5.41) is 0. The van der Waals surface area contributed by atoms with Crippen molar-refractivity contribution in [2.45, 2.75) is 25.7 Å². The van der Waals surface area contributed by atoms with Gasteiger partial charge in [0.1, 0.15) is 0 Å². The molecule has 1 saturated heterocycles. The van der Waals surface area contributed by atoms with E-state index < -0.39 is 0 Å². The summed E-state index contributed by atoms with van der Waals surface area (Å²) in [6, 6.07) is 0. The van der Waals surface area contributed by atoms with Crippen LogP contribution in [0.2, 0.25) is 0 Å². The summed E-state index contributed by atoms with van der Waals surface area (Å²) in [7, 11) is 0. The van der Waals surface area contributed by atoms with Crippen LogP contribution in [-0.4, -0.2) is 36.5 Å². The van der Waals surface area contributed by atoms with E-state index in [1.807, 2.05) is 4.90 Å². The van der Waals surface area contributed by atoms with Crippen molar-refractivity contribution in [3.8, 4) is 0 Å². The van der Waals surface area contributed by atoms with Crippen molar-refractivity contribution in [2.24, 2.45) is 17.8 Å². The van der Waals surface area contributed by atoms with Gasteiger partial charge in [-0.1, -0.05) is 0 Å². The fourth-order valence-corrected chi connectivity index (χ4v) is 2.77. The zero-order valence-electron chi connectivity index (χ0n) is 9.35. The molecule has 0 amide bonds. The highest BCUT2D eigenvalue weighted by molar-refractivity contribution is 5.90. The molecule has 0 spiro atoms. The molecule has 4 nitrogen and oxygen atoms in total. The van der Waals surface area contributed by atoms with Gasteiger partial charge < -0.3 is 4.74 Å². The SMILES string of the molecule is O=C1CN(CC(C2CC2)C2CC2)CC(=O)O1. The fourth-order valence-electron chi connectivity index (χ4n) is 2.77. The van der Waals surface area contributed by atoms with Crippen LogP contribution in [0.15, 0.2) is 0 Å². The van der Waals surface area contributed by atoms with Gasteiger partial charge in [0.2, 0.25) is 0 Å². The van der Waals surface area contributed by atoms with Crippen molar-refractivity contribution in [3.05, 3.63) is 0 Å². The van der Waals surface area contributed by atoms with Crippen LogP contribution in [0.4, 0.5) is 0 Å². The van der Waals surface area contributed by atoms with E-state index in [0.29, 0.717) is 13.1 Å². The van der Waals surface area contributed by atoms with Crippen molar-refractivity contribution in [1.82, 2.24) is 4.90 Å². The Hall–Kier alpha value is -0.900. The average Bonchev–Trinajstić information content (AvgIpc) is 3.07. The molecule has 0 aromatic carbocycles. The monoisotopic (exact) mass is 223 g/mol. The van der Waals surface area contributed by atoms with Crippen LogP contribution >= 0.6 is 0 Å². The zero-order chi connectivity index (χ0) is 11.1. The Morgan fingerprint density at radius 1 is 1.06 bits per heavy atom. The lowest BCUT2D eigenvalue weighted by Gasteiger charge is -2.28. The van der Waals surface area contributed by atoms with Gasteiger partial charge in [-0.15, -0.1) is 0 Å². The summed E-state index contributed by atoms with van der Waals surface area (Å²) < 4.78 is 4.53. The van der Waals surface area contributed by atoms with Crippen LogP contribution in [-0.2, 0) is 14.3 Å². The molecule has 2 aliphatic carbocycles. The first kappa shape index (κ1) is 10.3. The quantitative estimate of drug-likeness (QED) is 0.522. The van der Waals surface area contributed by atoms with Gasteiger partial charge in [0.05, 0.1) is 13.1 Å². The average molecular weight is 223 g/mol. The summed E-state index contributed by atoms with van der Waals surface area (Å²) in [6.45, 7) is 1.50. The van der Waals surface area contributed by atoms with Gasteiger partial charge >= 0.3 is 11.9 Å². The normalized spacial score (nSPS) is 27.3. The number of morpholine rings is 1. The van der Waals surface area contributed by atoms with Crippen molar-refractivity contribution < 1.29 is 14.3 Å². The van der Waals surface area contributed by atoms with Crippen LogP contribution in [0.25, 0.3) is 0 Å². The van der Waals surface area contributed by atoms with E-state index in [1.165, 1.54) is 25.7 Å². The molecule has 0 radical (unpaired) electrons. The summed E-state index contributed by atoms with van der Waals surface area (Å²) in [5.74, 6) is 1.67. The second-order valence-corrected chi connectivity index (χ2v) is 5.35. The standard InChI is InChI=1S/C12H17NO3/c14-11-6-13(7-12(15)16-11)5-10(8-1-2-8)9-3-4-9/h8-10H,1-7H2. The number of nitrogens with zero attached hydrogens (tertiary/aromatic N) is 1. The van der Waals surface area contributed by atoms with Crippen LogP contribution in [0.1, 0.15) is 25.7 Å². The molecular weight excluding hydrogens is 206 g/mol. The van der Waals surface area contributed by atoms with E-state index in [9.17, 15) is 9.59 Å². The lowest BCUT2D eigenvalue weighted by Crippen LogP contribution is -2.45. The molecule has 4 heteroatoms. The van der Waals surface area contributed by atoms with Crippen molar-refractivity contribution >= 4 is 11.9 Å². The maximum Gasteiger partial charge on any atom is 0.327 e. The van der Waals surface area contributed by atoms with E-state index >= 15 is 0 Å². The molecule has 1 aliphatic heterocycles. The largest absolute Gasteiger partial charge is 0.391 e. The number of hydrogen-bond donors (Lipinski definition) is 0. The highest BCUT2D eigenvalue weighted by atomic mass is 16.6. The van der Waals surface area contributed by atoms with Crippen molar-refractivity contribution in [1.29, 1.82) is 0 Å². The zero-order valence-corrected chi connectivity index (χ0v) is 9.35. The predicted octanol–water partition coefficient (Wildman–Crippen LogP) is 0.808. The number of esters is 2. The molecule has 3 aliphatic rings. The van der Waals surface area contributed by atoms with Gasteiger partial charge in [-0.2, -0.15) is 0 Å². The first-order valence-electron chi connectivity index (χ1n) is 6.18. The van der Waals surface area contributed by atoms with E-state index in [4.69, 9.17) is 0 Å². The summed E-state index contributed by atoms with van der Waals surface area (Å²) >= 11 is 0. The molecule has 0 N–H and O–H groups in total. The highest BCUT2D eigenvalue weighted by Gasteiger charge is 2.42. The molecule has 16 heavy (non-hydrogen) atoms. The highest BCUT2D eigenvalue weighted by Crippen LogP contribution is 2.49. The van der Waals surface area contributed by atoms with E-state index in [-0.39, 0.29) is 11.9 Å².